The molecule has 4 rings (SSSR count). The Morgan fingerprint density at radius 3 is 2.75 bits per heavy atom. The quantitative estimate of drug-likeness (QED) is 0.420. The van der Waals surface area contributed by atoms with Crippen LogP contribution in [0.25, 0.3) is 0 Å². The van der Waals surface area contributed by atoms with Crippen molar-refractivity contribution < 1.29 is 14.0 Å². The summed E-state index contributed by atoms with van der Waals surface area (Å²) in [4.78, 5) is 26.9. The molecular weight excluding hydrogens is 429 g/mol. The van der Waals surface area contributed by atoms with Gasteiger partial charge in [-0.2, -0.15) is 0 Å². The van der Waals surface area contributed by atoms with Crippen LogP contribution in [0.1, 0.15) is 21.7 Å². The number of aromatic nitrogens is 3. The summed E-state index contributed by atoms with van der Waals surface area (Å²) in [6.07, 6.45) is 2.54. The molecule has 2 heterocycles. The minimum atomic E-state index is -0.587. The molecule has 0 atom stereocenters. The maximum Gasteiger partial charge on any atom is 0.254 e. The van der Waals surface area contributed by atoms with E-state index in [0.717, 1.165) is 12.1 Å². The predicted molar refractivity (Wildman–Crippen MR) is 121 cm³/mol. The fourth-order valence-electron chi connectivity index (χ4n) is 3.57. The molecule has 2 aromatic carbocycles. The van der Waals surface area contributed by atoms with Gasteiger partial charge < -0.3 is 14.8 Å². The van der Waals surface area contributed by atoms with Crippen molar-refractivity contribution in [2.75, 3.05) is 17.2 Å². The number of carbonyl (C=O) groups excluding carboxylic acids is 2. The van der Waals surface area contributed by atoms with Gasteiger partial charge in [0.2, 0.25) is 5.91 Å². The maximum atomic E-state index is 13.8. The van der Waals surface area contributed by atoms with E-state index in [1.807, 2.05) is 24.3 Å². The molecule has 164 valence electrons. The first-order valence-corrected chi connectivity index (χ1v) is 11.1. The van der Waals surface area contributed by atoms with Gasteiger partial charge in [-0.3, -0.25) is 9.59 Å². The number of rotatable bonds is 8. The highest BCUT2D eigenvalue weighted by Crippen LogP contribution is 2.28. The van der Waals surface area contributed by atoms with Gasteiger partial charge in [-0.15, -0.1) is 16.8 Å². The van der Waals surface area contributed by atoms with Crippen molar-refractivity contribution in [1.82, 2.24) is 20.1 Å². The molecule has 2 amide bonds. The number of nitrogens with one attached hydrogen (secondary N) is 1. The fraction of sp³-hybridized carbons (Fsp3) is 0.217. The molecule has 1 aliphatic heterocycles. The zero-order valence-corrected chi connectivity index (χ0v) is 18.1. The third-order valence-corrected chi connectivity index (χ3v) is 6.10. The Morgan fingerprint density at radius 1 is 1.16 bits per heavy atom. The van der Waals surface area contributed by atoms with Gasteiger partial charge >= 0.3 is 0 Å². The fourth-order valence-corrected chi connectivity index (χ4v) is 4.41. The van der Waals surface area contributed by atoms with Crippen LogP contribution in [-0.4, -0.2) is 38.9 Å². The van der Waals surface area contributed by atoms with E-state index in [2.05, 4.69) is 22.1 Å². The predicted octanol–water partition coefficient (Wildman–Crippen LogP) is 3.21. The Bertz CT molecular complexity index is 1160. The van der Waals surface area contributed by atoms with E-state index in [4.69, 9.17) is 0 Å². The monoisotopic (exact) mass is 451 g/mol. The van der Waals surface area contributed by atoms with Gasteiger partial charge in [0.15, 0.2) is 11.0 Å². The molecule has 0 fully saturated rings. The molecule has 0 saturated carbocycles. The van der Waals surface area contributed by atoms with E-state index >= 15 is 0 Å². The van der Waals surface area contributed by atoms with Gasteiger partial charge in [0, 0.05) is 18.8 Å². The van der Waals surface area contributed by atoms with Gasteiger partial charge in [0.25, 0.3) is 5.91 Å². The topological polar surface area (TPSA) is 80.1 Å². The molecule has 0 unspecified atom stereocenters. The maximum absolute atomic E-state index is 13.8. The standard InChI is InChI=1S/C23H22FN5O2S/c1-2-12-29-20(14-25-22(31)17-8-4-5-9-18(17)24)26-27-23(29)32-15-21(30)28-13-11-16-7-3-6-10-19(16)28/h2-10H,1,11-15H2,(H,25,31). The van der Waals surface area contributed by atoms with Crippen molar-refractivity contribution >= 4 is 29.3 Å². The molecule has 1 N–H and O–H groups in total. The lowest BCUT2D eigenvalue weighted by atomic mass is 10.2. The Labute approximate surface area is 189 Å². The number of halogens is 1. The van der Waals surface area contributed by atoms with Gasteiger partial charge in [-0.1, -0.05) is 48.2 Å². The lowest BCUT2D eigenvalue weighted by molar-refractivity contribution is -0.116. The van der Waals surface area contributed by atoms with E-state index in [-0.39, 0.29) is 23.8 Å². The average Bonchev–Trinajstić information content (AvgIpc) is 3.40. The van der Waals surface area contributed by atoms with Crippen molar-refractivity contribution in [3.05, 3.63) is 84.0 Å². The van der Waals surface area contributed by atoms with Crippen LogP contribution in [0.5, 0.6) is 0 Å². The molecule has 0 radical (unpaired) electrons. The third kappa shape index (κ3) is 4.57. The number of hydrogen-bond acceptors (Lipinski definition) is 5. The highest BCUT2D eigenvalue weighted by molar-refractivity contribution is 7.99. The number of anilines is 1. The van der Waals surface area contributed by atoms with E-state index in [1.165, 1.54) is 35.5 Å². The molecule has 0 spiro atoms. The summed E-state index contributed by atoms with van der Waals surface area (Å²) in [5.74, 6) is -0.409. The van der Waals surface area contributed by atoms with Crippen LogP contribution >= 0.6 is 11.8 Å². The van der Waals surface area contributed by atoms with Crippen LogP contribution < -0.4 is 10.2 Å². The first-order valence-electron chi connectivity index (χ1n) is 10.1. The van der Waals surface area contributed by atoms with Crippen LogP contribution in [0.3, 0.4) is 0 Å². The number of allylic oxidation sites excluding steroid dienone is 1. The lowest BCUT2D eigenvalue weighted by Gasteiger charge is -2.17. The molecular formula is C23H22FN5O2S. The van der Waals surface area contributed by atoms with Crippen molar-refractivity contribution in [2.24, 2.45) is 0 Å². The Morgan fingerprint density at radius 2 is 1.94 bits per heavy atom. The van der Waals surface area contributed by atoms with Gasteiger partial charge in [0.05, 0.1) is 17.9 Å². The molecule has 1 aliphatic rings. The molecule has 0 bridgehead atoms. The Balaban J connectivity index is 1.41. The van der Waals surface area contributed by atoms with Gasteiger partial charge in [-0.25, -0.2) is 4.39 Å². The second kappa shape index (κ2) is 9.78. The normalized spacial score (nSPS) is 12.5. The zero-order valence-electron chi connectivity index (χ0n) is 17.3. The average molecular weight is 452 g/mol. The van der Waals surface area contributed by atoms with Crippen LogP contribution in [0.2, 0.25) is 0 Å². The first kappa shape index (κ1) is 21.8. The summed E-state index contributed by atoms with van der Waals surface area (Å²) >= 11 is 1.29. The SMILES string of the molecule is C=CCn1c(CNC(=O)c2ccccc2F)nnc1SCC(=O)N1CCc2ccccc21. The summed E-state index contributed by atoms with van der Waals surface area (Å²) in [5, 5.41) is 11.5. The molecule has 0 saturated heterocycles. The summed E-state index contributed by atoms with van der Waals surface area (Å²) in [5.41, 5.74) is 2.10. The van der Waals surface area contributed by atoms with Crippen LogP contribution in [0.4, 0.5) is 10.1 Å². The van der Waals surface area contributed by atoms with E-state index in [0.29, 0.717) is 24.1 Å². The number of nitrogens with zero attached hydrogens (tertiary/aromatic N) is 4. The van der Waals surface area contributed by atoms with Crippen molar-refractivity contribution in [3.63, 3.8) is 0 Å². The lowest BCUT2D eigenvalue weighted by Crippen LogP contribution is -2.30. The van der Waals surface area contributed by atoms with Gasteiger partial charge in [0.1, 0.15) is 5.82 Å². The molecule has 32 heavy (non-hydrogen) atoms. The van der Waals surface area contributed by atoms with Crippen LogP contribution in [0.15, 0.2) is 66.3 Å². The molecule has 1 aromatic heterocycles. The Hall–Kier alpha value is -3.46. The first-order chi connectivity index (χ1) is 15.6. The third-order valence-electron chi connectivity index (χ3n) is 5.14. The smallest absolute Gasteiger partial charge is 0.254 e. The molecule has 3 aromatic rings. The summed E-state index contributed by atoms with van der Waals surface area (Å²) < 4.78 is 15.6. The number of benzene rings is 2. The Kier molecular flexibility index (Phi) is 6.65. The summed E-state index contributed by atoms with van der Waals surface area (Å²) in [6, 6.07) is 13.7. The van der Waals surface area contributed by atoms with Gasteiger partial charge in [-0.05, 0) is 30.2 Å². The minimum Gasteiger partial charge on any atom is -0.345 e. The van der Waals surface area contributed by atoms with E-state index in [9.17, 15) is 14.0 Å². The summed E-state index contributed by atoms with van der Waals surface area (Å²) in [7, 11) is 0. The zero-order chi connectivity index (χ0) is 22.5. The van der Waals surface area contributed by atoms with Crippen molar-refractivity contribution in [1.29, 1.82) is 0 Å². The van der Waals surface area contributed by atoms with Crippen molar-refractivity contribution in [2.45, 2.75) is 24.7 Å². The summed E-state index contributed by atoms with van der Waals surface area (Å²) in [6.45, 7) is 4.92. The van der Waals surface area contributed by atoms with Crippen LogP contribution in [0, 0.1) is 5.82 Å². The van der Waals surface area contributed by atoms with E-state index in [1.54, 1.807) is 21.6 Å². The van der Waals surface area contributed by atoms with E-state index < -0.39 is 11.7 Å². The number of amides is 2. The largest absolute Gasteiger partial charge is 0.345 e. The number of para-hydroxylation sites is 1. The number of hydrogen-bond donors (Lipinski definition) is 1. The molecule has 9 heteroatoms. The number of carbonyl (C=O) groups is 2. The highest BCUT2D eigenvalue weighted by atomic mass is 32.2. The number of thioether (sulfide) groups is 1. The highest BCUT2D eigenvalue weighted by Gasteiger charge is 2.25. The molecule has 7 nitrogen and oxygen atoms in total. The number of fused-ring (bicyclic) bond motifs is 1. The van der Waals surface area contributed by atoms with Crippen molar-refractivity contribution in [3.8, 4) is 0 Å². The second-order valence-corrected chi connectivity index (χ2v) is 8.12. The molecule has 0 aliphatic carbocycles. The second-order valence-electron chi connectivity index (χ2n) is 7.17. The van der Waals surface area contributed by atoms with Crippen LogP contribution in [-0.2, 0) is 24.3 Å². The minimum absolute atomic E-state index is 0.00232.